The van der Waals surface area contributed by atoms with Gasteiger partial charge in [-0.1, -0.05) is 97.1 Å². The molecule has 3 nitrogen and oxygen atoms in total. The number of aromatic nitrogens is 1. The van der Waals surface area contributed by atoms with E-state index in [9.17, 15) is 0 Å². The van der Waals surface area contributed by atoms with Gasteiger partial charge in [0.25, 0.3) is 0 Å². The van der Waals surface area contributed by atoms with Gasteiger partial charge in [0, 0.05) is 43.6 Å². The highest BCUT2D eigenvalue weighted by Crippen LogP contribution is 2.40. The standard InChI is InChI=1S/C42H25NO2/c1-2-9-26(10-3-1)27-17-20-38-34(23-27)31-11-4-6-15-37(31)43(38)29-19-22-41-36(25-29)35-24-28(18-21-40(35)44-41)30-13-8-14-33-32-12-5-7-16-39(32)45-42(30)33/h1-25H. The van der Waals surface area contributed by atoms with Gasteiger partial charge < -0.3 is 13.4 Å². The van der Waals surface area contributed by atoms with E-state index in [0.29, 0.717) is 0 Å². The normalized spacial score (nSPS) is 12.0. The van der Waals surface area contributed by atoms with E-state index in [-0.39, 0.29) is 0 Å². The van der Waals surface area contributed by atoms with E-state index >= 15 is 0 Å². The van der Waals surface area contributed by atoms with Crippen LogP contribution in [0, 0.1) is 0 Å². The Morgan fingerprint density at radius 2 is 1.02 bits per heavy atom. The molecule has 0 atom stereocenters. The molecule has 45 heavy (non-hydrogen) atoms. The third-order valence-corrected chi connectivity index (χ3v) is 9.21. The Morgan fingerprint density at radius 3 is 1.93 bits per heavy atom. The van der Waals surface area contributed by atoms with Crippen LogP contribution in [0.3, 0.4) is 0 Å². The maximum Gasteiger partial charge on any atom is 0.143 e. The van der Waals surface area contributed by atoms with Crippen LogP contribution in [0.5, 0.6) is 0 Å². The van der Waals surface area contributed by atoms with Crippen LogP contribution < -0.4 is 0 Å². The predicted molar refractivity (Wildman–Crippen MR) is 186 cm³/mol. The molecule has 0 saturated carbocycles. The van der Waals surface area contributed by atoms with E-state index in [2.05, 4.69) is 144 Å². The van der Waals surface area contributed by atoms with E-state index in [4.69, 9.17) is 8.83 Å². The SMILES string of the molecule is c1ccc(-c2ccc3c(c2)c2ccccc2n3-c2ccc3oc4ccc(-c5cccc6c5oc5ccccc56)cc4c3c2)cc1. The van der Waals surface area contributed by atoms with Gasteiger partial charge in [-0.25, -0.2) is 0 Å². The number of nitrogens with zero attached hydrogens (tertiary/aromatic N) is 1. The number of para-hydroxylation sites is 3. The van der Waals surface area contributed by atoms with Gasteiger partial charge in [-0.05, 0) is 71.3 Å². The first-order valence-corrected chi connectivity index (χ1v) is 15.3. The Bertz CT molecular complexity index is 2760. The number of hydrogen-bond acceptors (Lipinski definition) is 2. The molecule has 0 amide bonds. The molecule has 0 radical (unpaired) electrons. The number of hydrogen-bond donors (Lipinski definition) is 0. The molecule has 10 aromatic rings. The lowest BCUT2D eigenvalue weighted by atomic mass is 10.0. The molecule has 3 heteroatoms. The molecular formula is C42H25NO2. The summed E-state index contributed by atoms with van der Waals surface area (Å²) in [6, 6.07) is 53.7. The summed E-state index contributed by atoms with van der Waals surface area (Å²) < 4.78 is 15.1. The average Bonchev–Trinajstić information content (AvgIpc) is 3.77. The van der Waals surface area contributed by atoms with E-state index < -0.39 is 0 Å². The van der Waals surface area contributed by atoms with Crippen molar-refractivity contribution in [2.75, 3.05) is 0 Å². The fraction of sp³-hybridized carbons (Fsp3) is 0. The van der Waals surface area contributed by atoms with E-state index in [0.717, 1.165) is 60.7 Å². The van der Waals surface area contributed by atoms with Crippen molar-refractivity contribution >= 4 is 65.7 Å². The van der Waals surface area contributed by atoms with Crippen LogP contribution in [-0.4, -0.2) is 4.57 Å². The molecule has 210 valence electrons. The quantitative estimate of drug-likeness (QED) is 0.210. The van der Waals surface area contributed by atoms with Crippen LogP contribution in [-0.2, 0) is 0 Å². The van der Waals surface area contributed by atoms with Crippen LogP contribution >= 0.6 is 0 Å². The molecule has 3 aromatic heterocycles. The fourth-order valence-corrected chi connectivity index (χ4v) is 7.11. The van der Waals surface area contributed by atoms with Crippen LogP contribution in [0.4, 0.5) is 0 Å². The molecule has 0 unspecified atom stereocenters. The predicted octanol–water partition coefficient (Wildman–Crippen LogP) is 11.9. The highest BCUT2D eigenvalue weighted by Gasteiger charge is 2.17. The zero-order valence-corrected chi connectivity index (χ0v) is 24.2. The summed E-state index contributed by atoms with van der Waals surface area (Å²) in [5.74, 6) is 0. The Hall–Kier alpha value is -6.06. The van der Waals surface area contributed by atoms with Gasteiger partial charge in [-0.2, -0.15) is 0 Å². The highest BCUT2D eigenvalue weighted by atomic mass is 16.3. The summed E-state index contributed by atoms with van der Waals surface area (Å²) in [6.07, 6.45) is 0. The Labute approximate surface area is 258 Å². The summed E-state index contributed by atoms with van der Waals surface area (Å²) in [4.78, 5) is 0. The molecule has 0 aliphatic heterocycles. The second-order valence-electron chi connectivity index (χ2n) is 11.7. The van der Waals surface area contributed by atoms with Gasteiger partial charge in [-0.15, -0.1) is 0 Å². The maximum absolute atomic E-state index is 6.38. The van der Waals surface area contributed by atoms with Crippen LogP contribution in [0.1, 0.15) is 0 Å². The molecule has 0 aliphatic carbocycles. The minimum absolute atomic E-state index is 0.873. The van der Waals surface area contributed by atoms with Gasteiger partial charge in [0.1, 0.15) is 22.3 Å². The Kier molecular flexibility index (Phi) is 5.00. The van der Waals surface area contributed by atoms with E-state index in [1.54, 1.807) is 0 Å². The summed E-state index contributed by atoms with van der Waals surface area (Å²) in [6.45, 7) is 0. The summed E-state index contributed by atoms with van der Waals surface area (Å²) in [7, 11) is 0. The van der Waals surface area contributed by atoms with E-state index in [1.807, 2.05) is 12.1 Å². The third-order valence-electron chi connectivity index (χ3n) is 9.21. The monoisotopic (exact) mass is 575 g/mol. The fourth-order valence-electron chi connectivity index (χ4n) is 7.11. The first-order valence-electron chi connectivity index (χ1n) is 15.3. The third kappa shape index (κ3) is 3.58. The van der Waals surface area contributed by atoms with Gasteiger partial charge >= 0.3 is 0 Å². The van der Waals surface area contributed by atoms with Gasteiger partial charge in [0.2, 0.25) is 0 Å². The van der Waals surface area contributed by atoms with Crippen LogP contribution in [0.15, 0.2) is 160 Å². The second kappa shape index (κ2) is 9.22. The number of rotatable bonds is 3. The molecule has 0 spiro atoms. The van der Waals surface area contributed by atoms with Crippen molar-refractivity contribution in [2.24, 2.45) is 0 Å². The lowest BCUT2D eigenvalue weighted by Crippen LogP contribution is -1.93. The van der Waals surface area contributed by atoms with Crippen molar-refractivity contribution in [1.82, 2.24) is 4.57 Å². The first-order chi connectivity index (χ1) is 22.3. The molecule has 0 N–H and O–H groups in total. The number of fused-ring (bicyclic) bond motifs is 9. The van der Waals surface area contributed by atoms with E-state index in [1.165, 1.54) is 32.9 Å². The zero-order chi connectivity index (χ0) is 29.5. The lowest BCUT2D eigenvalue weighted by Gasteiger charge is -2.09. The van der Waals surface area contributed by atoms with Crippen molar-refractivity contribution < 1.29 is 8.83 Å². The average molecular weight is 576 g/mol. The molecule has 0 fully saturated rings. The Morgan fingerprint density at radius 1 is 0.356 bits per heavy atom. The largest absolute Gasteiger partial charge is 0.456 e. The molecule has 7 aromatic carbocycles. The highest BCUT2D eigenvalue weighted by molar-refractivity contribution is 6.13. The molecule has 3 heterocycles. The van der Waals surface area contributed by atoms with Crippen molar-refractivity contribution in [1.29, 1.82) is 0 Å². The van der Waals surface area contributed by atoms with Gasteiger partial charge in [0.15, 0.2) is 0 Å². The van der Waals surface area contributed by atoms with Crippen molar-refractivity contribution in [3.05, 3.63) is 152 Å². The van der Waals surface area contributed by atoms with Crippen LogP contribution in [0.25, 0.3) is 93.6 Å². The second-order valence-corrected chi connectivity index (χ2v) is 11.7. The molecule has 0 aliphatic rings. The molecule has 0 bridgehead atoms. The minimum Gasteiger partial charge on any atom is -0.456 e. The minimum atomic E-state index is 0.873. The van der Waals surface area contributed by atoms with Crippen molar-refractivity contribution in [2.45, 2.75) is 0 Å². The number of benzene rings is 7. The molecule has 10 rings (SSSR count). The Balaban J connectivity index is 1.18. The number of furan rings is 2. The van der Waals surface area contributed by atoms with Crippen LogP contribution in [0.2, 0.25) is 0 Å². The van der Waals surface area contributed by atoms with Gasteiger partial charge in [0.05, 0.1) is 11.0 Å². The van der Waals surface area contributed by atoms with Crippen molar-refractivity contribution in [3.63, 3.8) is 0 Å². The molecular weight excluding hydrogens is 550 g/mol. The lowest BCUT2D eigenvalue weighted by molar-refractivity contribution is 0.668. The first kappa shape index (κ1) is 24.4. The molecule has 0 saturated heterocycles. The topological polar surface area (TPSA) is 31.2 Å². The summed E-state index contributed by atoms with van der Waals surface area (Å²) in [5, 5.41) is 6.92. The summed E-state index contributed by atoms with van der Waals surface area (Å²) >= 11 is 0. The maximum atomic E-state index is 6.38. The summed E-state index contributed by atoms with van der Waals surface area (Å²) in [5.41, 5.74) is 11.6. The van der Waals surface area contributed by atoms with Crippen molar-refractivity contribution in [3.8, 4) is 27.9 Å². The smallest absolute Gasteiger partial charge is 0.143 e. The van der Waals surface area contributed by atoms with Gasteiger partial charge in [-0.3, -0.25) is 0 Å². The zero-order valence-electron chi connectivity index (χ0n) is 24.2.